The molecule has 0 atom stereocenters. The number of hydrogen-bond donors (Lipinski definition) is 2. The second-order valence-corrected chi connectivity index (χ2v) is 6.76. The highest BCUT2D eigenvalue weighted by Gasteiger charge is 2.25. The van der Waals surface area contributed by atoms with Gasteiger partial charge in [0.2, 0.25) is 11.2 Å². The SMILES string of the molecule is CC(C)(C)OC(=O)NC1CCC(Nc2ncnc(Cl)n2)CC1. The number of halogens is 1. The van der Waals surface area contributed by atoms with Crippen molar-refractivity contribution >= 4 is 23.6 Å². The Hall–Kier alpha value is -1.63. The van der Waals surface area contributed by atoms with Crippen LogP contribution in [0, 0.1) is 0 Å². The van der Waals surface area contributed by atoms with E-state index in [-0.39, 0.29) is 23.5 Å². The van der Waals surface area contributed by atoms with Gasteiger partial charge in [-0.2, -0.15) is 4.98 Å². The maximum absolute atomic E-state index is 11.7. The minimum atomic E-state index is -0.471. The fraction of sp³-hybridized carbons (Fsp3) is 0.714. The monoisotopic (exact) mass is 327 g/mol. The summed E-state index contributed by atoms with van der Waals surface area (Å²) in [7, 11) is 0. The van der Waals surface area contributed by atoms with E-state index in [9.17, 15) is 4.79 Å². The fourth-order valence-corrected chi connectivity index (χ4v) is 2.51. The number of rotatable bonds is 3. The molecule has 1 aromatic heterocycles. The highest BCUT2D eigenvalue weighted by Crippen LogP contribution is 2.21. The van der Waals surface area contributed by atoms with E-state index >= 15 is 0 Å². The van der Waals surface area contributed by atoms with Crippen LogP contribution >= 0.6 is 11.6 Å². The molecule has 2 N–H and O–H groups in total. The Morgan fingerprint density at radius 2 is 1.86 bits per heavy atom. The second-order valence-electron chi connectivity index (χ2n) is 6.42. The summed E-state index contributed by atoms with van der Waals surface area (Å²) in [5.74, 6) is 0.489. The van der Waals surface area contributed by atoms with Gasteiger partial charge in [0.25, 0.3) is 0 Å². The molecule has 0 spiro atoms. The summed E-state index contributed by atoms with van der Waals surface area (Å²) in [6.07, 6.45) is 4.64. The number of ether oxygens (including phenoxy) is 1. The van der Waals surface area contributed by atoms with Crippen LogP contribution in [0.2, 0.25) is 5.28 Å². The van der Waals surface area contributed by atoms with Crippen molar-refractivity contribution < 1.29 is 9.53 Å². The first-order valence-corrected chi connectivity index (χ1v) is 7.80. The molecule has 0 radical (unpaired) electrons. The van der Waals surface area contributed by atoms with Gasteiger partial charge in [-0.1, -0.05) is 0 Å². The Kier molecular flexibility index (Phi) is 5.39. The Bertz CT molecular complexity index is 512. The van der Waals surface area contributed by atoms with Crippen LogP contribution in [0.25, 0.3) is 0 Å². The molecule has 0 saturated heterocycles. The quantitative estimate of drug-likeness (QED) is 0.887. The number of nitrogens with one attached hydrogen (secondary N) is 2. The van der Waals surface area contributed by atoms with Crippen molar-refractivity contribution in [2.24, 2.45) is 0 Å². The fourth-order valence-electron chi connectivity index (χ4n) is 2.38. The van der Waals surface area contributed by atoms with Crippen LogP contribution in [0.5, 0.6) is 0 Å². The first-order valence-electron chi connectivity index (χ1n) is 7.42. The number of carbonyl (C=O) groups is 1. The van der Waals surface area contributed by atoms with Gasteiger partial charge >= 0.3 is 6.09 Å². The van der Waals surface area contributed by atoms with Crippen molar-refractivity contribution in [1.82, 2.24) is 20.3 Å². The number of hydrogen-bond acceptors (Lipinski definition) is 6. The summed E-state index contributed by atoms with van der Waals surface area (Å²) in [5, 5.41) is 6.34. The molecule has 122 valence electrons. The summed E-state index contributed by atoms with van der Waals surface area (Å²) in [6, 6.07) is 0.421. The number of aromatic nitrogens is 3. The van der Waals surface area contributed by atoms with Gasteiger partial charge in [0.05, 0.1) is 0 Å². The van der Waals surface area contributed by atoms with Crippen molar-refractivity contribution in [1.29, 1.82) is 0 Å². The van der Waals surface area contributed by atoms with E-state index in [1.54, 1.807) is 0 Å². The third-order valence-electron chi connectivity index (χ3n) is 3.32. The number of amides is 1. The summed E-state index contributed by atoms with van der Waals surface area (Å²) in [4.78, 5) is 23.5. The topological polar surface area (TPSA) is 89.0 Å². The van der Waals surface area contributed by atoms with E-state index in [1.807, 2.05) is 20.8 Å². The molecule has 0 aliphatic heterocycles. The highest BCUT2D eigenvalue weighted by molar-refractivity contribution is 6.28. The molecule has 1 heterocycles. The molecule has 7 nitrogen and oxygen atoms in total. The van der Waals surface area contributed by atoms with Crippen LogP contribution in [-0.2, 0) is 4.74 Å². The molecule has 1 amide bonds. The van der Waals surface area contributed by atoms with Gasteiger partial charge in [-0.15, -0.1) is 0 Å². The Morgan fingerprint density at radius 3 is 2.45 bits per heavy atom. The lowest BCUT2D eigenvalue weighted by atomic mass is 9.91. The molecule has 0 aromatic carbocycles. The van der Waals surface area contributed by atoms with Crippen LogP contribution < -0.4 is 10.6 Å². The van der Waals surface area contributed by atoms with Gasteiger partial charge in [-0.3, -0.25) is 0 Å². The van der Waals surface area contributed by atoms with Gasteiger partial charge in [0.15, 0.2) is 0 Å². The molecule has 1 aliphatic rings. The molecule has 8 heteroatoms. The second kappa shape index (κ2) is 7.09. The van der Waals surface area contributed by atoms with Gasteiger partial charge < -0.3 is 15.4 Å². The Morgan fingerprint density at radius 1 is 1.23 bits per heavy atom. The van der Waals surface area contributed by atoms with Gasteiger partial charge in [-0.05, 0) is 58.1 Å². The number of carbonyl (C=O) groups excluding carboxylic acids is 1. The van der Waals surface area contributed by atoms with Gasteiger partial charge in [0.1, 0.15) is 11.9 Å². The predicted molar refractivity (Wildman–Crippen MR) is 83.9 cm³/mol. The van der Waals surface area contributed by atoms with E-state index in [4.69, 9.17) is 16.3 Å². The molecular formula is C14H22ClN5O2. The van der Waals surface area contributed by atoms with Crippen LogP contribution in [0.15, 0.2) is 6.33 Å². The summed E-state index contributed by atoms with van der Waals surface area (Å²) in [6.45, 7) is 5.56. The predicted octanol–water partition coefficient (Wildman–Crippen LogP) is 2.77. The standard InChI is InChI=1S/C14H22ClN5O2/c1-14(2,3)22-13(21)19-10-6-4-9(5-7-10)18-12-17-8-16-11(15)20-12/h8-10H,4-7H2,1-3H3,(H,19,21)(H,16,17,18,20). The highest BCUT2D eigenvalue weighted by atomic mass is 35.5. The molecule has 1 aliphatic carbocycles. The summed E-state index contributed by atoms with van der Waals surface area (Å²) in [5.41, 5.74) is -0.471. The van der Waals surface area contributed by atoms with Crippen LogP contribution in [0.3, 0.4) is 0 Å². The van der Waals surface area contributed by atoms with Crippen molar-refractivity contribution in [3.63, 3.8) is 0 Å². The molecule has 0 bridgehead atoms. The lowest BCUT2D eigenvalue weighted by molar-refractivity contribution is 0.0492. The van der Waals surface area contributed by atoms with E-state index in [0.717, 1.165) is 25.7 Å². The minimum absolute atomic E-state index is 0.148. The Balaban J connectivity index is 1.75. The van der Waals surface area contributed by atoms with Crippen LogP contribution in [0.1, 0.15) is 46.5 Å². The van der Waals surface area contributed by atoms with Crippen LogP contribution in [-0.4, -0.2) is 38.7 Å². The lowest BCUT2D eigenvalue weighted by Crippen LogP contribution is -2.42. The lowest BCUT2D eigenvalue weighted by Gasteiger charge is -2.30. The maximum Gasteiger partial charge on any atom is 0.407 e. The van der Waals surface area contributed by atoms with Gasteiger partial charge in [-0.25, -0.2) is 14.8 Å². The third-order valence-corrected chi connectivity index (χ3v) is 3.51. The Labute approximate surface area is 135 Å². The molecule has 1 fully saturated rings. The first-order chi connectivity index (χ1) is 10.3. The van der Waals surface area contributed by atoms with E-state index in [1.165, 1.54) is 6.33 Å². The van der Waals surface area contributed by atoms with Crippen LogP contribution in [0.4, 0.5) is 10.7 Å². The van der Waals surface area contributed by atoms with Gasteiger partial charge in [0, 0.05) is 12.1 Å². The number of anilines is 1. The zero-order valence-electron chi connectivity index (χ0n) is 13.1. The zero-order chi connectivity index (χ0) is 16.2. The minimum Gasteiger partial charge on any atom is -0.444 e. The van der Waals surface area contributed by atoms with Crippen molar-refractivity contribution in [3.05, 3.63) is 11.6 Å². The van der Waals surface area contributed by atoms with Crippen molar-refractivity contribution in [2.45, 2.75) is 64.1 Å². The maximum atomic E-state index is 11.7. The molecular weight excluding hydrogens is 306 g/mol. The first kappa shape index (κ1) is 16.7. The summed E-state index contributed by atoms with van der Waals surface area (Å²) < 4.78 is 5.27. The molecule has 22 heavy (non-hydrogen) atoms. The molecule has 2 rings (SSSR count). The molecule has 1 saturated carbocycles. The average Bonchev–Trinajstić information content (AvgIpc) is 2.39. The van der Waals surface area contributed by atoms with E-state index in [0.29, 0.717) is 5.95 Å². The third kappa shape index (κ3) is 5.63. The summed E-state index contributed by atoms with van der Waals surface area (Å²) >= 11 is 5.73. The largest absolute Gasteiger partial charge is 0.444 e. The molecule has 1 aromatic rings. The van der Waals surface area contributed by atoms with E-state index in [2.05, 4.69) is 25.6 Å². The zero-order valence-corrected chi connectivity index (χ0v) is 13.9. The smallest absolute Gasteiger partial charge is 0.407 e. The average molecular weight is 328 g/mol. The normalized spacial score (nSPS) is 22.0. The number of nitrogens with zero attached hydrogens (tertiary/aromatic N) is 3. The van der Waals surface area contributed by atoms with Crippen molar-refractivity contribution in [2.75, 3.05) is 5.32 Å². The van der Waals surface area contributed by atoms with Crippen molar-refractivity contribution in [3.8, 4) is 0 Å². The number of alkyl carbamates (subject to hydrolysis) is 1. The molecule has 0 unspecified atom stereocenters. The van der Waals surface area contributed by atoms with E-state index < -0.39 is 5.60 Å².